The Balaban J connectivity index is 2.09. The molecule has 7 heteroatoms. The van der Waals surface area contributed by atoms with E-state index in [0.29, 0.717) is 16.7 Å². The predicted octanol–water partition coefficient (Wildman–Crippen LogP) is 3.58. The summed E-state index contributed by atoms with van der Waals surface area (Å²) >= 11 is 2.23. The zero-order valence-corrected chi connectivity index (χ0v) is 13.1. The molecule has 0 saturated carbocycles. The second-order valence-corrected chi connectivity index (χ2v) is 5.79. The van der Waals surface area contributed by atoms with Crippen LogP contribution in [0.1, 0.15) is 15.9 Å². The second-order valence-electron chi connectivity index (χ2n) is 4.54. The first-order chi connectivity index (χ1) is 10.0. The molecule has 1 heterocycles. The summed E-state index contributed by atoms with van der Waals surface area (Å²) < 4.78 is 5.74. The van der Waals surface area contributed by atoms with Gasteiger partial charge in [0.15, 0.2) is 0 Å². The van der Waals surface area contributed by atoms with Crippen molar-refractivity contribution in [2.75, 3.05) is 5.32 Å². The summed E-state index contributed by atoms with van der Waals surface area (Å²) in [7, 11) is 0. The molecular weight excluding hydrogens is 385 g/mol. The summed E-state index contributed by atoms with van der Waals surface area (Å²) in [4.78, 5) is 11.4. The Morgan fingerprint density at radius 3 is 2.57 bits per heavy atom. The molecule has 1 aromatic heterocycles. The molecule has 0 radical (unpaired) electrons. The topological polar surface area (TPSA) is 88.3 Å². The van der Waals surface area contributed by atoms with E-state index in [1.807, 2.05) is 25.1 Å². The minimum Gasteiger partial charge on any atom is -0.478 e. The third kappa shape index (κ3) is 2.68. The van der Waals surface area contributed by atoms with Gasteiger partial charge in [0.1, 0.15) is 11.0 Å². The van der Waals surface area contributed by atoms with Crippen molar-refractivity contribution in [3.63, 3.8) is 0 Å². The number of carboxylic acids is 1. The Bertz CT molecular complexity index is 845. The fourth-order valence-electron chi connectivity index (χ4n) is 2.02. The van der Waals surface area contributed by atoms with Crippen LogP contribution < -0.4 is 5.32 Å². The van der Waals surface area contributed by atoms with Crippen molar-refractivity contribution in [1.82, 2.24) is 10.3 Å². The van der Waals surface area contributed by atoms with Crippen molar-refractivity contribution < 1.29 is 14.5 Å². The number of carbonyl (C=O) groups is 1. The smallest absolute Gasteiger partial charge is 0.337 e. The van der Waals surface area contributed by atoms with Gasteiger partial charge in [0.25, 0.3) is 0 Å². The van der Waals surface area contributed by atoms with Gasteiger partial charge in [-0.05, 0) is 75.7 Å². The van der Waals surface area contributed by atoms with Crippen LogP contribution in [0.2, 0.25) is 0 Å². The number of aryl methyl sites for hydroxylation is 1. The molecule has 3 aromatic rings. The molecule has 0 atom stereocenters. The van der Waals surface area contributed by atoms with E-state index >= 15 is 0 Å². The van der Waals surface area contributed by atoms with Crippen LogP contribution in [0.25, 0.3) is 11.0 Å². The number of benzene rings is 2. The van der Waals surface area contributed by atoms with Crippen LogP contribution in [-0.4, -0.2) is 21.4 Å². The van der Waals surface area contributed by atoms with Gasteiger partial charge in [0, 0.05) is 9.26 Å². The summed E-state index contributed by atoms with van der Waals surface area (Å²) in [5.74, 6) is -1.04. The first-order valence-electron chi connectivity index (χ1n) is 6.07. The minimum atomic E-state index is -1.04. The molecule has 0 aliphatic rings. The van der Waals surface area contributed by atoms with Crippen molar-refractivity contribution >= 4 is 51.0 Å². The molecule has 0 aliphatic carbocycles. The summed E-state index contributed by atoms with van der Waals surface area (Å²) in [5, 5.41) is 19.9. The number of hydrogen-bond donors (Lipinski definition) is 2. The predicted molar refractivity (Wildman–Crippen MR) is 85.9 cm³/mol. The van der Waals surface area contributed by atoms with Gasteiger partial charge in [-0.15, -0.1) is 0 Å². The van der Waals surface area contributed by atoms with Crippen LogP contribution in [0.15, 0.2) is 35.0 Å². The van der Waals surface area contributed by atoms with Gasteiger partial charge in [0.05, 0.1) is 11.3 Å². The molecule has 0 saturated heterocycles. The number of aromatic carboxylic acids is 1. The van der Waals surface area contributed by atoms with Crippen LogP contribution in [0.3, 0.4) is 0 Å². The van der Waals surface area contributed by atoms with Gasteiger partial charge in [-0.3, -0.25) is 0 Å². The first-order valence-corrected chi connectivity index (χ1v) is 7.15. The third-order valence-electron chi connectivity index (χ3n) is 3.08. The molecule has 0 unspecified atom stereocenters. The zero-order valence-electron chi connectivity index (χ0n) is 10.9. The molecule has 0 amide bonds. The Kier molecular flexibility index (Phi) is 3.50. The number of nitrogens with one attached hydrogen (secondary N) is 1. The average Bonchev–Trinajstić information content (AvgIpc) is 2.88. The van der Waals surface area contributed by atoms with Crippen molar-refractivity contribution in [2.24, 2.45) is 0 Å². The van der Waals surface area contributed by atoms with E-state index < -0.39 is 5.97 Å². The molecule has 6 nitrogen and oxygen atoms in total. The largest absolute Gasteiger partial charge is 0.478 e. The molecule has 106 valence electrons. The highest BCUT2D eigenvalue weighted by atomic mass is 127. The normalized spacial score (nSPS) is 10.8. The van der Waals surface area contributed by atoms with E-state index in [1.54, 1.807) is 6.07 Å². The Labute approximate surface area is 133 Å². The van der Waals surface area contributed by atoms with Crippen LogP contribution in [0, 0.1) is 10.5 Å². The number of fused-ring (bicyclic) bond motifs is 1. The number of hydrogen-bond acceptors (Lipinski definition) is 5. The number of rotatable bonds is 3. The quantitative estimate of drug-likeness (QED) is 0.660. The average molecular weight is 395 g/mol. The number of carboxylic acid groups (broad SMARTS) is 1. The molecule has 0 aliphatic heterocycles. The number of halogens is 1. The fourth-order valence-corrected chi connectivity index (χ4v) is 2.67. The van der Waals surface area contributed by atoms with E-state index in [2.05, 4.69) is 42.9 Å². The lowest BCUT2D eigenvalue weighted by atomic mass is 10.1. The van der Waals surface area contributed by atoms with E-state index in [-0.39, 0.29) is 5.56 Å². The van der Waals surface area contributed by atoms with Crippen LogP contribution >= 0.6 is 22.6 Å². The molecule has 0 bridgehead atoms. The summed E-state index contributed by atoms with van der Waals surface area (Å²) in [6.07, 6.45) is 0. The van der Waals surface area contributed by atoms with Crippen molar-refractivity contribution in [1.29, 1.82) is 0 Å². The van der Waals surface area contributed by atoms with Gasteiger partial charge in [-0.2, -0.15) is 0 Å². The maximum atomic E-state index is 11.4. The SMILES string of the molecule is Cc1cc(I)ccc1Nc1cc2nonc2cc1C(=O)O. The summed E-state index contributed by atoms with van der Waals surface area (Å²) in [6, 6.07) is 8.94. The first kappa shape index (κ1) is 13.8. The minimum absolute atomic E-state index is 0.121. The molecule has 3 rings (SSSR count). The number of nitrogens with zero attached hydrogens (tertiary/aromatic N) is 2. The molecule has 2 aromatic carbocycles. The third-order valence-corrected chi connectivity index (χ3v) is 3.75. The number of aromatic nitrogens is 2. The van der Waals surface area contributed by atoms with E-state index in [9.17, 15) is 9.90 Å². The monoisotopic (exact) mass is 395 g/mol. The number of anilines is 2. The van der Waals surface area contributed by atoms with Gasteiger partial charge in [-0.25, -0.2) is 9.42 Å². The van der Waals surface area contributed by atoms with Crippen molar-refractivity contribution in [3.05, 3.63) is 45.0 Å². The van der Waals surface area contributed by atoms with E-state index in [4.69, 9.17) is 0 Å². The van der Waals surface area contributed by atoms with E-state index in [0.717, 1.165) is 14.8 Å². The van der Waals surface area contributed by atoms with Crippen molar-refractivity contribution in [3.8, 4) is 0 Å². The lowest BCUT2D eigenvalue weighted by molar-refractivity contribution is 0.0698. The summed E-state index contributed by atoms with van der Waals surface area (Å²) in [5.41, 5.74) is 3.36. The Morgan fingerprint density at radius 1 is 1.19 bits per heavy atom. The van der Waals surface area contributed by atoms with Crippen LogP contribution in [-0.2, 0) is 0 Å². The fraction of sp³-hybridized carbons (Fsp3) is 0.0714. The lowest BCUT2D eigenvalue weighted by Crippen LogP contribution is -2.03. The van der Waals surface area contributed by atoms with Gasteiger partial charge < -0.3 is 10.4 Å². The van der Waals surface area contributed by atoms with Crippen LogP contribution in [0.5, 0.6) is 0 Å². The molecular formula is C14H10IN3O3. The van der Waals surface area contributed by atoms with Gasteiger partial charge >= 0.3 is 5.97 Å². The highest BCUT2D eigenvalue weighted by Gasteiger charge is 2.15. The highest BCUT2D eigenvalue weighted by molar-refractivity contribution is 14.1. The maximum absolute atomic E-state index is 11.4. The lowest BCUT2D eigenvalue weighted by Gasteiger charge is -2.12. The van der Waals surface area contributed by atoms with Crippen LogP contribution in [0.4, 0.5) is 11.4 Å². The second kappa shape index (κ2) is 5.32. The van der Waals surface area contributed by atoms with Gasteiger partial charge in [-0.1, -0.05) is 0 Å². The molecule has 0 fully saturated rings. The molecule has 2 N–H and O–H groups in total. The Morgan fingerprint density at radius 2 is 1.90 bits per heavy atom. The van der Waals surface area contributed by atoms with Gasteiger partial charge in [0.2, 0.25) is 0 Å². The zero-order chi connectivity index (χ0) is 15.0. The summed E-state index contributed by atoms with van der Waals surface area (Å²) in [6.45, 7) is 1.96. The highest BCUT2D eigenvalue weighted by Crippen LogP contribution is 2.27. The van der Waals surface area contributed by atoms with E-state index in [1.165, 1.54) is 6.07 Å². The maximum Gasteiger partial charge on any atom is 0.337 e. The Hall–Kier alpha value is -2.16. The molecule has 0 spiro atoms. The molecule has 21 heavy (non-hydrogen) atoms. The standard InChI is InChI=1S/C14H10IN3O3/c1-7-4-8(15)2-3-10(7)16-11-6-13-12(17-21-18-13)5-9(11)14(19)20/h2-6,16H,1H3,(H,19,20). The van der Waals surface area contributed by atoms with Crippen molar-refractivity contribution in [2.45, 2.75) is 6.92 Å².